The first kappa shape index (κ1) is 14.0. The van der Waals surface area contributed by atoms with Crippen molar-refractivity contribution in [1.82, 2.24) is 5.32 Å². The lowest BCUT2D eigenvalue weighted by Crippen LogP contribution is -2.17. The van der Waals surface area contributed by atoms with E-state index in [1.807, 2.05) is 24.3 Å². The Morgan fingerprint density at radius 2 is 1.74 bits per heavy atom. The summed E-state index contributed by atoms with van der Waals surface area (Å²) in [7, 11) is 0. The second-order valence-electron chi connectivity index (χ2n) is 4.27. The zero-order valence-corrected chi connectivity index (χ0v) is 11.1. The van der Waals surface area contributed by atoms with Gasteiger partial charge in [0.2, 0.25) is 0 Å². The molecule has 0 aliphatic rings. The molecule has 0 bridgehead atoms. The van der Waals surface area contributed by atoms with E-state index in [-0.39, 0.29) is 0 Å². The number of benzene rings is 2. The molecule has 0 unspecified atom stereocenters. The van der Waals surface area contributed by atoms with Crippen LogP contribution in [0, 0.1) is 11.6 Å². The summed E-state index contributed by atoms with van der Waals surface area (Å²) in [5, 5.41) is 3.80. The molecule has 0 aliphatic carbocycles. The van der Waals surface area contributed by atoms with Crippen LogP contribution in [-0.4, -0.2) is 6.54 Å². The van der Waals surface area contributed by atoms with Crippen LogP contribution in [0.5, 0.6) is 0 Å². The summed E-state index contributed by atoms with van der Waals surface area (Å²) in [5.41, 5.74) is 1.49. The Morgan fingerprint density at radius 3 is 2.47 bits per heavy atom. The van der Waals surface area contributed by atoms with Gasteiger partial charge >= 0.3 is 0 Å². The highest BCUT2D eigenvalue weighted by molar-refractivity contribution is 6.30. The van der Waals surface area contributed by atoms with Crippen molar-refractivity contribution in [3.8, 4) is 0 Å². The Labute approximate surface area is 116 Å². The van der Waals surface area contributed by atoms with Crippen LogP contribution in [-0.2, 0) is 13.0 Å². The van der Waals surface area contributed by atoms with Crippen LogP contribution in [0.25, 0.3) is 0 Å². The molecule has 2 rings (SSSR count). The number of nitrogens with one attached hydrogen (secondary N) is 1. The predicted octanol–water partition coefficient (Wildman–Crippen LogP) is 3.95. The molecule has 0 heterocycles. The Morgan fingerprint density at radius 1 is 1.00 bits per heavy atom. The molecule has 0 aliphatic heterocycles. The summed E-state index contributed by atoms with van der Waals surface area (Å²) >= 11 is 5.79. The van der Waals surface area contributed by atoms with E-state index >= 15 is 0 Å². The zero-order valence-electron chi connectivity index (χ0n) is 10.3. The summed E-state index contributed by atoms with van der Waals surface area (Å²) in [5.74, 6) is -1.58. The smallest absolute Gasteiger partial charge is 0.163 e. The van der Waals surface area contributed by atoms with Gasteiger partial charge in [-0.15, -0.1) is 0 Å². The van der Waals surface area contributed by atoms with E-state index < -0.39 is 11.6 Å². The van der Waals surface area contributed by atoms with Crippen molar-refractivity contribution in [2.24, 2.45) is 0 Å². The van der Waals surface area contributed by atoms with Gasteiger partial charge in [-0.3, -0.25) is 0 Å². The molecule has 1 nitrogen and oxygen atoms in total. The zero-order chi connectivity index (χ0) is 13.7. The minimum atomic E-state index is -0.808. The second-order valence-corrected chi connectivity index (χ2v) is 4.70. The van der Waals surface area contributed by atoms with E-state index in [2.05, 4.69) is 5.32 Å². The molecule has 0 radical (unpaired) electrons. The third-order valence-corrected chi connectivity index (χ3v) is 3.10. The monoisotopic (exact) mass is 281 g/mol. The first-order valence-corrected chi connectivity index (χ1v) is 6.42. The van der Waals surface area contributed by atoms with Gasteiger partial charge in [0, 0.05) is 17.1 Å². The van der Waals surface area contributed by atoms with E-state index in [1.165, 1.54) is 6.07 Å². The summed E-state index contributed by atoms with van der Waals surface area (Å²) in [6, 6.07) is 11.8. The van der Waals surface area contributed by atoms with Crippen molar-refractivity contribution in [3.63, 3.8) is 0 Å². The lowest BCUT2D eigenvalue weighted by molar-refractivity contribution is 0.493. The van der Waals surface area contributed by atoms with Crippen molar-refractivity contribution < 1.29 is 8.78 Å². The molecule has 2 aromatic carbocycles. The standard InChI is InChI=1S/C15H14ClF2N/c16-13-6-4-11(5-7-13)8-9-19-10-12-2-1-3-14(17)15(12)18/h1-7,19H,8-10H2. The number of hydrogen-bond donors (Lipinski definition) is 1. The van der Waals surface area contributed by atoms with Crippen LogP contribution in [0.15, 0.2) is 42.5 Å². The van der Waals surface area contributed by atoms with Gasteiger partial charge in [0.25, 0.3) is 0 Å². The second kappa shape index (κ2) is 6.64. The van der Waals surface area contributed by atoms with Crippen LogP contribution in [0.4, 0.5) is 8.78 Å². The minimum Gasteiger partial charge on any atom is -0.312 e. The first-order valence-electron chi connectivity index (χ1n) is 6.05. The van der Waals surface area contributed by atoms with Crippen molar-refractivity contribution in [3.05, 3.63) is 70.2 Å². The molecule has 19 heavy (non-hydrogen) atoms. The van der Waals surface area contributed by atoms with Crippen LogP contribution in [0.2, 0.25) is 5.02 Å². The molecule has 0 fully saturated rings. The third-order valence-electron chi connectivity index (χ3n) is 2.85. The summed E-state index contributed by atoms with van der Waals surface area (Å²) in [4.78, 5) is 0. The molecule has 100 valence electrons. The normalized spacial score (nSPS) is 10.7. The van der Waals surface area contributed by atoms with Crippen molar-refractivity contribution >= 4 is 11.6 Å². The van der Waals surface area contributed by atoms with Gasteiger partial charge in [-0.05, 0) is 36.7 Å². The average molecular weight is 282 g/mol. The van der Waals surface area contributed by atoms with E-state index in [4.69, 9.17) is 11.6 Å². The van der Waals surface area contributed by atoms with Crippen molar-refractivity contribution in [2.45, 2.75) is 13.0 Å². The predicted molar refractivity (Wildman–Crippen MR) is 73.2 cm³/mol. The molecule has 0 aromatic heterocycles. The quantitative estimate of drug-likeness (QED) is 0.818. The molecule has 1 N–H and O–H groups in total. The molecule has 0 atom stereocenters. The van der Waals surface area contributed by atoms with Gasteiger partial charge in [0.1, 0.15) is 0 Å². The molecule has 4 heteroatoms. The maximum Gasteiger partial charge on any atom is 0.163 e. The highest BCUT2D eigenvalue weighted by Gasteiger charge is 2.06. The highest BCUT2D eigenvalue weighted by Crippen LogP contribution is 2.11. The molecule has 0 amide bonds. The molecular formula is C15H14ClF2N. The fourth-order valence-corrected chi connectivity index (χ4v) is 1.92. The first-order chi connectivity index (χ1) is 9.16. The van der Waals surface area contributed by atoms with Crippen molar-refractivity contribution in [2.75, 3.05) is 6.54 Å². The van der Waals surface area contributed by atoms with Crippen LogP contribution >= 0.6 is 11.6 Å². The number of hydrogen-bond acceptors (Lipinski definition) is 1. The molecule has 0 saturated carbocycles. The summed E-state index contributed by atoms with van der Waals surface area (Å²) in [6.07, 6.45) is 0.814. The fraction of sp³-hybridized carbons (Fsp3) is 0.200. The van der Waals surface area contributed by atoms with E-state index in [1.54, 1.807) is 6.07 Å². The van der Waals surface area contributed by atoms with Gasteiger partial charge < -0.3 is 5.32 Å². The largest absolute Gasteiger partial charge is 0.312 e. The van der Waals surface area contributed by atoms with Crippen LogP contribution in [0.1, 0.15) is 11.1 Å². The van der Waals surface area contributed by atoms with Gasteiger partial charge in [-0.1, -0.05) is 35.9 Å². The average Bonchev–Trinajstić information content (AvgIpc) is 2.41. The van der Waals surface area contributed by atoms with Crippen molar-refractivity contribution in [1.29, 1.82) is 0 Å². The fourth-order valence-electron chi connectivity index (χ4n) is 1.79. The Hall–Kier alpha value is -1.45. The summed E-state index contributed by atoms with van der Waals surface area (Å²) in [6.45, 7) is 1.01. The molecule has 0 saturated heterocycles. The maximum atomic E-state index is 13.4. The number of halogens is 3. The Balaban J connectivity index is 1.81. The van der Waals surface area contributed by atoms with Crippen LogP contribution in [0.3, 0.4) is 0 Å². The van der Waals surface area contributed by atoms with Gasteiger partial charge in [0.15, 0.2) is 11.6 Å². The maximum absolute atomic E-state index is 13.4. The molecule has 2 aromatic rings. The van der Waals surface area contributed by atoms with E-state index in [9.17, 15) is 8.78 Å². The van der Waals surface area contributed by atoms with E-state index in [0.29, 0.717) is 23.7 Å². The molecule has 0 spiro atoms. The van der Waals surface area contributed by atoms with Gasteiger partial charge in [-0.2, -0.15) is 0 Å². The van der Waals surface area contributed by atoms with E-state index in [0.717, 1.165) is 18.1 Å². The summed E-state index contributed by atoms with van der Waals surface area (Å²) < 4.78 is 26.3. The van der Waals surface area contributed by atoms with Crippen LogP contribution < -0.4 is 5.32 Å². The Bertz CT molecular complexity index is 540. The topological polar surface area (TPSA) is 12.0 Å². The Kier molecular flexibility index (Phi) is 4.88. The highest BCUT2D eigenvalue weighted by atomic mass is 35.5. The SMILES string of the molecule is Fc1cccc(CNCCc2ccc(Cl)cc2)c1F. The van der Waals surface area contributed by atoms with Gasteiger partial charge in [-0.25, -0.2) is 8.78 Å². The molecular weight excluding hydrogens is 268 g/mol. The third kappa shape index (κ3) is 4.01. The lowest BCUT2D eigenvalue weighted by atomic mass is 10.1. The van der Waals surface area contributed by atoms with Gasteiger partial charge in [0.05, 0.1) is 0 Å². The minimum absolute atomic E-state index is 0.317. The number of rotatable bonds is 5. The lowest BCUT2D eigenvalue weighted by Gasteiger charge is -2.06.